The number of carbonyl (C=O) groups excluding carboxylic acids is 1. The molecule has 1 aliphatic heterocycles. The summed E-state index contributed by atoms with van der Waals surface area (Å²) in [5.41, 5.74) is 1.67. The van der Waals surface area contributed by atoms with Gasteiger partial charge in [-0.3, -0.25) is 4.79 Å². The highest BCUT2D eigenvalue weighted by atomic mass is 16.1. The Morgan fingerprint density at radius 3 is 2.71 bits per heavy atom. The normalized spacial score (nSPS) is 16.1. The van der Waals surface area contributed by atoms with Crippen molar-refractivity contribution in [1.29, 1.82) is 0 Å². The molecular formula is C10H11N3O. The Labute approximate surface area is 82.1 Å². The Hall–Kier alpha value is -1.55. The molecule has 72 valence electrons. The summed E-state index contributed by atoms with van der Waals surface area (Å²) in [5, 5.41) is 3.22. The van der Waals surface area contributed by atoms with Crippen molar-refractivity contribution in [2.45, 2.75) is 6.42 Å². The van der Waals surface area contributed by atoms with Crippen molar-refractivity contribution >= 4 is 11.9 Å². The van der Waals surface area contributed by atoms with Crippen molar-refractivity contribution in [2.24, 2.45) is 0 Å². The Balaban J connectivity index is 2.23. The number of rotatable bonds is 2. The van der Waals surface area contributed by atoms with E-state index in [0.717, 1.165) is 37.2 Å². The SMILES string of the molecule is O=Cc1cnc(C2=CCNCC2)nc1. The second kappa shape index (κ2) is 4.11. The molecule has 0 bridgehead atoms. The average Bonchev–Trinajstić information content (AvgIpc) is 2.30. The monoisotopic (exact) mass is 189 g/mol. The number of nitrogens with zero attached hydrogens (tertiary/aromatic N) is 2. The summed E-state index contributed by atoms with van der Waals surface area (Å²) in [6, 6.07) is 0. The first-order valence-corrected chi connectivity index (χ1v) is 4.57. The molecule has 0 fully saturated rings. The second-order valence-electron chi connectivity index (χ2n) is 3.14. The molecular weight excluding hydrogens is 178 g/mol. The smallest absolute Gasteiger partial charge is 0.154 e. The van der Waals surface area contributed by atoms with Crippen molar-refractivity contribution in [1.82, 2.24) is 15.3 Å². The Bertz CT molecular complexity index is 356. The van der Waals surface area contributed by atoms with Crippen molar-refractivity contribution < 1.29 is 4.79 Å². The highest BCUT2D eigenvalue weighted by Crippen LogP contribution is 2.14. The van der Waals surface area contributed by atoms with Crippen LogP contribution >= 0.6 is 0 Å². The third kappa shape index (κ3) is 1.85. The van der Waals surface area contributed by atoms with Gasteiger partial charge in [0.15, 0.2) is 12.1 Å². The molecule has 2 rings (SSSR count). The number of hydrogen-bond acceptors (Lipinski definition) is 4. The van der Waals surface area contributed by atoms with Gasteiger partial charge in [0, 0.05) is 18.9 Å². The molecule has 0 saturated carbocycles. The first-order chi connectivity index (χ1) is 6.90. The van der Waals surface area contributed by atoms with Crippen LogP contribution in [0.1, 0.15) is 22.6 Å². The lowest BCUT2D eigenvalue weighted by molar-refractivity contribution is 0.112. The summed E-state index contributed by atoms with van der Waals surface area (Å²) < 4.78 is 0. The number of aldehydes is 1. The molecule has 0 saturated heterocycles. The molecule has 1 N–H and O–H groups in total. The minimum absolute atomic E-state index is 0.517. The summed E-state index contributed by atoms with van der Waals surface area (Å²) in [7, 11) is 0. The van der Waals surface area contributed by atoms with Crippen LogP contribution in [-0.2, 0) is 0 Å². The Kier molecular flexibility index (Phi) is 2.65. The first kappa shape index (κ1) is 9.02. The highest BCUT2D eigenvalue weighted by Gasteiger charge is 2.07. The van der Waals surface area contributed by atoms with Gasteiger partial charge in [-0.2, -0.15) is 0 Å². The van der Waals surface area contributed by atoms with E-state index in [1.54, 1.807) is 12.4 Å². The third-order valence-electron chi connectivity index (χ3n) is 2.16. The molecule has 0 aromatic carbocycles. The van der Waals surface area contributed by atoms with E-state index in [4.69, 9.17) is 0 Å². The number of aromatic nitrogens is 2. The first-order valence-electron chi connectivity index (χ1n) is 4.57. The van der Waals surface area contributed by atoms with E-state index < -0.39 is 0 Å². The number of hydrogen-bond donors (Lipinski definition) is 1. The van der Waals surface area contributed by atoms with Crippen LogP contribution in [0.2, 0.25) is 0 Å². The van der Waals surface area contributed by atoms with Crippen LogP contribution in [0.3, 0.4) is 0 Å². The van der Waals surface area contributed by atoms with Gasteiger partial charge < -0.3 is 5.32 Å². The van der Waals surface area contributed by atoms with Crippen LogP contribution in [-0.4, -0.2) is 29.3 Å². The van der Waals surface area contributed by atoms with Gasteiger partial charge in [-0.15, -0.1) is 0 Å². The van der Waals surface area contributed by atoms with Crippen molar-refractivity contribution in [2.75, 3.05) is 13.1 Å². The fourth-order valence-corrected chi connectivity index (χ4v) is 1.39. The maximum absolute atomic E-state index is 10.4. The molecule has 1 aromatic rings. The van der Waals surface area contributed by atoms with E-state index in [2.05, 4.69) is 21.4 Å². The molecule has 0 amide bonds. The molecule has 4 nitrogen and oxygen atoms in total. The fourth-order valence-electron chi connectivity index (χ4n) is 1.39. The van der Waals surface area contributed by atoms with E-state index in [0.29, 0.717) is 5.56 Å². The van der Waals surface area contributed by atoms with Gasteiger partial charge in [-0.1, -0.05) is 6.08 Å². The average molecular weight is 189 g/mol. The molecule has 14 heavy (non-hydrogen) atoms. The van der Waals surface area contributed by atoms with Crippen molar-refractivity contribution in [3.8, 4) is 0 Å². The number of carbonyl (C=O) groups is 1. The van der Waals surface area contributed by atoms with Crippen LogP contribution in [0.5, 0.6) is 0 Å². The Morgan fingerprint density at radius 2 is 2.14 bits per heavy atom. The standard InChI is InChI=1S/C10H11N3O/c14-7-8-5-12-10(13-6-8)9-1-3-11-4-2-9/h1,5-7,11H,2-4H2. The predicted octanol–water partition coefficient (Wildman–Crippen LogP) is 0.666. The van der Waals surface area contributed by atoms with E-state index in [1.807, 2.05) is 0 Å². The van der Waals surface area contributed by atoms with Crippen LogP contribution in [0.25, 0.3) is 5.57 Å². The van der Waals surface area contributed by atoms with E-state index >= 15 is 0 Å². The van der Waals surface area contributed by atoms with E-state index in [-0.39, 0.29) is 0 Å². The van der Waals surface area contributed by atoms with Gasteiger partial charge in [0.05, 0.1) is 5.56 Å². The van der Waals surface area contributed by atoms with Crippen LogP contribution in [0, 0.1) is 0 Å². The lowest BCUT2D eigenvalue weighted by Crippen LogP contribution is -2.20. The van der Waals surface area contributed by atoms with Crippen LogP contribution in [0.15, 0.2) is 18.5 Å². The molecule has 0 spiro atoms. The van der Waals surface area contributed by atoms with Crippen molar-refractivity contribution in [3.63, 3.8) is 0 Å². The topological polar surface area (TPSA) is 54.9 Å². The zero-order valence-corrected chi connectivity index (χ0v) is 7.73. The molecule has 0 aliphatic carbocycles. The minimum Gasteiger partial charge on any atom is -0.313 e. The summed E-state index contributed by atoms with van der Waals surface area (Å²) >= 11 is 0. The summed E-state index contributed by atoms with van der Waals surface area (Å²) in [5.74, 6) is 0.733. The fraction of sp³-hybridized carbons (Fsp3) is 0.300. The summed E-state index contributed by atoms with van der Waals surface area (Å²) in [6.45, 7) is 1.83. The van der Waals surface area contributed by atoms with Gasteiger partial charge in [-0.05, 0) is 18.5 Å². The quantitative estimate of drug-likeness (QED) is 0.694. The molecule has 0 atom stereocenters. The lowest BCUT2D eigenvalue weighted by Gasteiger charge is -2.12. The minimum atomic E-state index is 0.517. The molecule has 4 heteroatoms. The van der Waals surface area contributed by atoms with Crippen LogP contribution in [0.4, 0.5) is 0 Å². The second-order valence-corrected chi connectivity index (χ2v) is 3.14. The lowest BCUT2D eigenvalue weighted by atomic mass is 10.1. The summed E-state index contributed by atoms with van der Waals surface area (Å²) in [6.07, 6.45) is 6.89. The van der Waals surface area contributed by atoms with E-state index in [9.17, 15) is 4.79 Å². The predicted molar refractivity (Wildman–Crippen MR) is 52.9 cm³/mol. The molecule has 1 aromatic heterocycles. The van der Waals surface area contributed by atoms with Crippen LogP contribution < -0.4 is 5.32 Å². The molecule has 0 radical (unpaired) electrons. The number of nitrogens with one attached hydrogen (secondary N) is 1. The zero-order chi connectivity index (χ0) is 9.80. The Morgan fingerprint density at radius 1 is 1.36 bits per heavy atom. The summed E-state index contributed by atoms with van der Waals surface area (Å²) in [4.78, 5) is 18.7. The highest BCUT2D eigenvalue weighted by molar-refractivity contribution is 5.73. The van der Waals surface area contributed by atoms with Gasteiger partial charge in [0.2, 0.25) is 0 Å². The van der Waals surface area contributed by atoms with Crippen molar-refractivity contribution in [3.05, 3.63) is 29.9 Å². The molecule has 2 heterocycles. The molecule has 1 aliphatic rings. The van der Waals surface area contributed by atoms with E-state index in [1.165, 1.54) is 0 Å². The van der Waals surface area contributed by atoms with Gasteiger partial charge in [0.25, 0.3) is 0 Å². The maximum atomic E-state index is 10.4. The largest absolute Gasteiger partial charge is 0.313 e. The molecule has 0 unspecified atom stereocenters. The van der Waals surface area contributed by atoms with Gasteiger partial charge in [-0.25, -0.2) is 9.97 Å². The van der Waals surface area contributed by atoms with Gasteiger partial charge >= 0.3 is 0 Å². The third-order valence-corrected chi connectivity index (χ3v) is 2.16. The van der Waals surface area contributed by atoms with Gasteiger partial charge in [0.1, 0.15) is 0 Å². The zero-order valence-electron chi connectivity index (χ0n) is 7.73. The maximum Gasteiger partial charge on any atom is 0.154 e.